The molecule has 0 amide bonds. The molecular formula is C22H26IN5O. The van der Waals surface area contributed by atoms with Gasteiger partial charge >= 0.3 is 0 Å². The van der Waals surface area contributed by atoms with E-state index in [9.17, 15) is 0 Å². The minimum Gasteiger partial charge on any atom is -0.487 e. The third-order valence-corrected chi connectivity index (χ3v) is 4.09. The Morgan fingerprint density at radius 3 is 2.38 bits per heavy atom. The molecule has 3 rings (SSSR count). The van der Waals surface area contributed by atoms with E-state index in [0.717, 1.165) is 41.6 Å². The molecule has 0 aliphatic carbocycles. The Labute approximate surface area is 188 Å². The van der Waals surface area contributed by atoms with Crippen molar-refractivity contribution in [1.82, 2.24) is 20.6 Å². The first-order valence-corrected chi connectivity index (χ1v) is 9.29. The van der Waals surface area contributed by atoms with E-state index in [1.54, 1.807) is 13.2 Å². The third kappa shape index (κ3) is 8.06. The highest BCUT2D eigenvalue weighted by atomic mass is 127. The molecule has 0 saturated carbocycles. The van der Waals surface area contributed by atoms with Crippen molar-refractivity contribution in [2.24, 2.45) is 4.99 Å². The first-order chi connectivity index (χ1) is 13.8. The van der Waals surface area contributed by atoms with Gasteiger partial charge in [-0.05, 0) is 42.0 Å². The van der Waals surface area contributed by atoms with Crippen LogP contribution in [0.5, 0.6) is 5.75 Å². The van der Waals surface area contributed by atoms with E-state index < -0.39 is 0 Å². The van der Waals surface area contributed by atoms with Crippen LogP contribution < -0.4 is 15.4 Å². The maximum Gasteiger partial charge on any atom is 0.191 e. The van der Waals surface area contributed by atoms with Crippen LogP contribution in [0.2, 0.25) is 0 Å². The van der Waals surface area contributed by atoms with Crippen LogP contribution in [0, 0.1) is 0 Å². The second-order valence-electron chi connectivity index (χ2n) is 6.18. The van der Waals surface area contributed by atoms with Crippen molar-refractivity contribution in [3.8, 4) is 5.75 Å². The molecule has 0 aliphatic heterocycles. The predicted octanol–water partition coefficient (Wildman–Crippen LogP) is 3.58. The quantitative estimate of drug-likeness (QED) is 0.280. The number of guanidine groups is 1. The van der Waals surface area contributed by atoms with Crippen LogP contribution in [0.4, 0.5) is 0 Å². The van der Waals surface area contributed by atoms with Gasteiger partial charge in [0.15, 0.2) is 5.96 Å². The molecule has 3 aromatic rings. The Hall–Kier alpha value is -2.68. The zero-order valence-corrected chi connectivity index (χ0v) is 18.7. The van der Waals surface area contributed by atoms with Crippen LogP contribution in [-0.2, 0) is 19.6 Å². The van der Waals surface area contributed by atoms with Crippen LogP contribution in [0.15, 0.2) is 78.0 Å². The second kappa shape index (κ2) is 12.7. The number of aliphatic imine (C=N–C) groups is 1. The molecule has 0 fully saturated rings. The number of ether oxygens (including phenoxy) is 1. The summed E-state index contributed by atoms with van der Waals surface area (Å²) in [4.78, 5) is 12.9. The number of hydrogen-bond acceptors (Lipinski definition) is 4. The lowest BCUT2D eigenvalue weighted by Crippen LogP contribution is -2.37. The van der Waals surface area contributed by atoms with E-state index in [-0.39, 0.29) is 24.0 Å². The first-order valence-electron chi connectivity index (χ1n) is 9.29. The smallest absolute Gasteiger partial charge is 0.191 e. The van der Waals surface area contributed by atoms with Gasteiger partial charge in [0.25, 0.3) is 0 Å². The van der Waals surface area contributed by atoms with Crippen molar-refractivity contribution in [2.45, 2.75) is 19.6 Å². The van der Waals surface area contributed by atoms with Crippen molar-refractivity contribution < 1.29 is 4.74 Å². The molecule has 29 heavy (non-hydrogen) atoms. The maximum atomic E-state index is 5.84. The van der Waals surface area contributed by atoms with Gasteiger partial charge in [-0.25, -0.2) is 0 Å². The van der Waals surface area contributed by atoms with Crippen molar-refractivity contribution in [3.63, 3.8) is 0 Å². The fourth-order valence-corrected chi connectivity index (χ4v) is 2.65. The number of nitrogens with one attached hydrogen (secondary N) is 2. The summed E-state index contributed by atoms with van der Waals surface area (Å²) in [5.74, 6) is 1.58. The van der Waals surface area contributed by atoms with Gasteiger partial charge < -0.3 is 15.4 Å². The largest absolute Gasteiger partial charge is 0.487 e. The molecule has 0 saturated heterocycles. The number of halogens is 1. The topological polar surface area (TPSA) is 71.4 Å². The lowest BCUT2D eigenvalue weighted by atomic mass is 10.2. The Morgan fingerprint density at radius 2 is 1.69 bits per heavy atom. The van der Waals surface area contributed by atoms with Crippen molar-refractivity contribution in [2.75, 3.05) is 13.6 Å². The highest BCUT2D eigenvalue weighted by Crippen LogP contribution is 2.14. The van der Waals surface area contributed by atoms with E-state index in [4.69, 9.17) is 4.74 Å². The molecule has 7 heteroatoms. The van der Waals surface area contributed by atoms with Gasteiger partial charge in [-0.3, -0.25) is 15.0 Å². The van der Waals surface area contributed by atoms with Crippen LogP contribution in [0.1, 0.15) is 17.0 Å². The predicted molar refractivity (Wildman–Crippen MR) is 127 cm³/mol. The Morgan fingerprint density at radius 1 is 0.931 bits per heavy atom. The van der Waals surface area contributed by atoms with Crippen LogP contribution in [-0.4, -0.2) is 29.5 Å². The molecule has 0 aliphatic rings. The summed E-state index contributed by atoms with van der Waals surface area (Å²) < 4.78 is 5.84. The minimum atomic E-state index is 0. The SMILES string of the molecule is CN=C(NCCc1ccccn1)NCc1cccc(OCc2ccccn2)c1.I. The summed E-state index contributed by atoms with van der Waals surface area (Å²) in [5.41, 5.74) is 3.08. The lowest BCUT2D eigenvalue weighted by molar-refractivity contribution is 0.301. The molecule has 0 atom stereocenters. The van der Waals surface area contributed by atoms with E-state index in [1.165, 1.54) is 0 Å². The minimum absolute atomic E-state index is 0. The molecular weight excluding hydrogens is 477 g/mol. The standard InChI is InChI=1S/C22H25N5O.HI/c1-23-22(26-14-11-19-8-2-4-12-24-19)27-16-18-7-6-10-21(15-18)28-17-20-9-3-5-13-25-20;/h2-10,12-13,15H,11,14,16-17H2,1H3,(H2,23,26,27);1H. The summed E-state index contributed by atoms with van der Waals surface area (Å²) in [6.45, 7) is 1.88. The molecule has 2 heterocycles. The third-order valence-electron chi connectivity index (χ3n) is 4.09. The number of benzene rings is 1. The number of aromatic nitrogens is 2. The van der Waals surface area contributed by atoms with Crippen molar-refractivity contribution >= 4 is 29.9 Å². The fourth-order valence-electron chi connectivity index (χ4n) is 2.65. The summed E-state index contributed by atoms with van der Waals surface area (Å²) >= 11 is 0. The first kappa shape index (κ1) is 22.6. The molecule has 0 spiro atoms. The molecule has 0 bridgehead atoms. The normalized spacial score (nSPS) is 10.7. The number of hydrogen-bond donors (Lipinski definition) is 2. The van der Waals surface area contributed by atoms with E-state index in [1.807, 2.05) is 60.8 Å². The Kier molecular flexibility index (Phi) is 9.91. The molecule has 1 aromatic carbocycles. The average molecular weight is 503 g/mol. The lowest BCUT2D eigenvalue weighted by Gasteiger charge is -2.13. The van der Waals surface area contributed by atoms with Gasteiger partial charge in [-0.15, -0.1) is 24.0 Å². The monoisotopic (exact) mass is 503 g/mol. The van der Waals surface area contributed by atoms with E-state index in [0.29, 0.717) is 13.2 Å². The van der Waals surface area contributed by atoms with E-state index in [2.05, 4.69) is 31.7 Å². The zero-order chi connectivity index (χ0) is 19.4. The van der Waals surface area contributed by atoms with Gasteiger partial charge in [0, 0.05) is 44.6 Å². The van der Waals surface area contributed by atoms with Crippen LogP contribution in [0.3, 0.4) is 0 Å². The maximum absolute atomic E-state index is 5.84. The van der Waals surface area contributed by atoms with E-state index >= 15 is 0 Å². The Bertz CT molecular complexity index is 875. The summed E-state index contributed by atoms with van der Waals surface area (Å²) in [6, 6.07) is 19.8. The molecule has 2 N–H and O–H groups in total. The van der Waals surface area contributed by atoms with Crippen LogP contribution >= 0.6 is 24.0 Å². The van der Waals surface area contributed by atoms with Gasteiger partial charge in [0.1, 0.15) is 12.4 Å². The molecule has 152 valence electrons. The van der Waals surface area contributed by atoms with Gasteiger partial charge in [0.05, 0.1) is 5.69 Å². The summed E-state index contributed by atoms with van der Waals surface area (Å²) in [6.07, 6.45) is 4.43. The number of rotatable bonds is 8. The summed E-state index contributed by atoms with van der Waals surface area (Å²) in [7, 11) is 1.77. The number of pyridine rings is 2. The highest BCUT2D eigenvalue weighted by Gasteiger charge is 2.02. The molecule has 2 aromatic heterocycles. The Balaban J connectivity index is 0.00000300. The van der Waals surface area contributed by atoms with Gasteiger partial charge in [-0.1, -0.05) is 24.3 Å². The molecule has 6 nitrogen and oxygen atoms in total. The molecule has 0 radical (unpaired) electrons. The van der Waals surface area contributed by atoms with Crippen LogP contribution in [0.25, 0.3) is 0 Å². The number of nitrogens with zero attached hydrogens (tertiary/aromatic N) is 3. The van der Waals surface area contributed by atoms with Crippen molar-refractivity contribution in [3.05, 3.63) is 90.0 Å². The second-order valence-corrected chi connectivity index (χ2v) is 6.18. The fraction of sp³-hybridized carbons (Fsp3) is 0.227. The van der Waals surface area contributed by atoms with Gasteiger partial charge in [0.2, 0.25) is 0 Å². The van der Waals surface area contributed by atoms with Gasteiger partial charge in [-0.2, -0.15) is 0 Å². The summed E-state index contributed by atoms with van der Waals surface area (Å²) in [5, 5.41) is 6.63. The zero-order valence-electron chi connectivity index (χ0n) is 16.4. The average Bonchev–Trinajstić information content (AvgIpc) is 2.76. The highest BCUT2D eigenvalue weighted by molar-refractivity contribution is 14.0. The molecule has 0 unspecified atom stereocenters. The van der Waals surface area contributed by atoms with Crippen molar-refractivity contribution in [1.29, 1.82) is 0 Å².